The second-order valence-corrected chi connectivity index (χ2v) is 4.65. The number of benzene rings is 1. The number of pyridine rings is 1. The molecule has 0 spiro atoms. The summed E-state index contributed by atoms with van der Waals surface area (Å²) in [7, 11) is 1.53. The number of aromatic nitrogens is 1. The first-order chi connectivity index (χ1) is 10.5. The summed E-state index contributed by atoms with van der Waals surface area (Å²) >= 11 is 0. The quantitative estimate of drug-likeness (QED) is 0.675. The highest BCUT2D eigenvalue weighted by atomic mass is 16.6. The van der Waals surface area contributed by atoms with Gasteiger partial charge in [0.25, 0.3) is 11.6 Å². The Balaban J connectivity index is 2.02. The van der Waals surface area contributed by atoms with E-state index in [0.29, 0.717) is 23.6 Å². The van der Waals surface area contributed by atoms with Crippen LogP contribution in [0.15, 0.2) is 36.5 Å². The molecule has 0 aliphatic rings. The van der Waals surface area contributed by atoms with Crippen molar-refractivity contribution in [2.24, 2.45) is 0 Å². The average molecular weight is 301 g/mol. The maximum Gasteiger partial charge on any atom is 0.272 e. The Hall–Kier alpha value is -2.96. The van der Waals surface area contributed by atoms with Gasteiger partial charge in [-0.2, -0.15) is 0 Å². The molecule has 1 aromatic heterocycles. The van der Waals surface area contributed by atoms with Crippen molar-refractivity contribution in [3.05, 3.63) is 63.3 Å². The van der Waals surface area contributed by atoms with E-state index in [-0.39, 0.29) is 11.6 Å². The zero-order chi connectivity index (χ0) is 16.1. The first-order valence-electron chi connectivity index (χ1n) is 6.53. The van der Waals surface area contributed by atoms with E-state index in [9.17, 15) is 14.9 Å². The van der Waals surface area contributed by atoms with Crippen LogP contribution < -0.4 is 10.1 Å². The van der Waals surface area contributed by atoms with Gasteiger partial charge in [0.05, 0.1) is 12.0 Å². The largest absolute Gasteiger partial charge is 0.481 e. The van der Waals surface area contributed by atoms with Gasteiger partial charge in [0.1, 0.15) is 0 Å². The van der Waals surface area contributed by atoms with Crippen LogP contribution in [-0.4, -0.2) is 22.9 Å². The van der Waals surface area contributed by atoms with Crippen LogP contribution in [0.2, 0.25) is 0 Å². The summed E-state index contributed by atoms with van der Waals surface area (Å²) in [6.45, 7) is 1.91. The van der Waals surface area contributed by atoms with E-state index < -0.39 is 4.92 Å². The third kappa shape index (κ3) is 3.57. The lowest BCUT2D eigenvalue weighted by Crippen LogP contribution is -2.23. The fraction of sp³-hybridized carbons (Fsp3) is 0.200. The van der Waals surface area contributed by atoms with Crippen molar-refractivity contribution >= 4 is 11.6 Å². The van der Waals surface area contributed by atoms with Gasteiger partial charge in [0, 0.05) is 36.0 Å². The van der Waals surface area contributed by atoms with Crippen molar-refractivity contribution in [2.45, 2.75) is 13.5 Å². The first kappa shape index (κ1) is 15.4. The molecule has 1 N–H and O–H groups in total. The molecule has 1 aromatic carbocycles. The van der Waals surface area contributed by atoms with Crippen LogP contribution in [-0.2, 0) is 6.54 Å². The lowest BCUT2D eigenvalue weighted by Gasteiger charge is -2.07. The molecule has 2 rings (SSSR count). The average Bonchev–Trinajstić information content (AvgIpc) is 2.52. The summed E-state index contributed by atoms with van der Waals surface area (Å²) in [6.07, 6.45) is 1.61. The summed E-state index contributed by atoms with van der Waals surface area (Å²) in [5.74, 6) is 0.204. The molecule has 7 heteroatoms. The van der Waals surface area contributed by atoms with Crippen LogP contribution in [0.5, 0.6) is 5.88 Å². The predicted molar refractivity (Wildman–Crippen MR) is 79.8 cm³/mol. The molecule has 114 valence electrons. The summed E-state index contributed by atoms with van der Waals surface area (Å²) in [6, 6.07) is 7.77. The van der Waals surface area contributed by atoms with Crippen molar-refractivity contribution in [1.82, 2.24) is 10.3 Å². The number of nitrogens with one attached hydrogen (secondary N) is 1. The molecule has 0 radical (unpaired) electrons. The number of carbonyl (C=O) groups excluding carboxylic acids is 1. The number of carbonyl (C=O) groups is 1. The predicted octanol–water partition coefficient (Wildman–Crippen LogP) is 2.24. The molecule has 0 bridgehead atoms. The minimum absolute atomic E-state index is 0.00379. The van der Waals surface area contributed by atoms with Crippen LogP contribution >= 0.6 is 0 Å². The van der Waals surface area contributed by atoms with Crippen molar-refractivity contribution < 1.29 is 14.5 Å². The highest BCUT2D eigenvalue weighted by Gasteiger charge is 2.13. The minimum atomic E-state index is -0.472. The second-order valence-electron chi connectivity index (χ2n) is 4.65. The SMILES string of the molecule is COc1ccc(CNC(=O)c2ccc([N+](=O)[O-])c(C)c2)cn1. The first-order valence-corrected chi connectivity index (χ1v) is 6.53. The zero-order valence-electron chi connectivity index (χ0n) is 12.2. The number of nitrogens with zero attached hydrogens (tertiary/aromatic N) is 2. The molecule has 1 amide bonds. The molecule has 0 aliphatic heterocycles. The molecule has 1 heterocycles. The van der Waals surface area contributed by atoms with Crippen LogP contribution in [0.1, 0.15) is 21.5 Å². The zero-order valence-corrected chi connectivity index (χ0v) is 12.2. The van der Waals surface area contributed by atoms with Crippen LogP contribution in [0.4, 0.5) is 5.69 Å². The number of nitro groups is 1. The molecule has 0 aliphatic carbocycles. The number of aryl methyl sites for hydroxylation is 1. The monoisotopic (exact) mass is 301 g/mol. The number of methoxy groups -OCH3 is 1. The topological polar surface area (TPSA) is 94.4 Å². The lowest BCUT2D eigenvalue weighted by molar-refractivity contribution is -0.385. The summed E-state index contributed by atoms with van der Waals surface area (Å²) in [5, 5.41) is 13.5. The van der Waals surface area contributed by atoms with Crippen molar-refractivity contribution in [1.29, 1.82) is 0 Å². The summed E-state index contributed by atoms with van der Waals surface area (Å²) in [5.41, 5.74) is 1.65. The number of nitro benzene ring substituents is 1. The van der Waals surface area contributed by atoms with Gasteiger partial charge in [-0.1, -0.05) is 6.07 Å². The van der Waals surface area contributed by atoms with Gasteiger partial charge in [-0.15, -0.1) is 0 Å². The lowest BCUT2D eigenvalue weighted by atomic mass is 10.1. The van der Waals surface area contributed by atoms with E-state index in [1.54, 1.807) is 25.3 Å². The molecule has 0 fully saturated rings. The molecular formula is C15H15N3O4. The number of amides is 1. The van der Waals surface area contributed by atoms with Gasteiger partial charge >= 0.3 is 0 Å². The van der Waals surface area contributed by atoms with Crippen LogP contribution in [0.25, 0.3) is 0 Å². The number of hydrogen-bond donors (Lipinski definition) is 1. The Bertz CT molecular complexity index is 698. The van der Waals surface area contributed by atoms with Gasteiger partial charge in [0.15, 0.2) is 0 Å². The van der Waals surface area contributed by atoms with E-state index in [0.717, 1.165) is 5.56 Å². The molecule has 7 nitrogen and oxygen atoms in total. The Kier molecular flexibility index (Phi) is 4.67. The van der Waals surface area contributed by atoms with E-state index in [2.05, 4.69) is 10.3 Å². The van der Waals surface area contributed by atoms with Crippen LogP contribution in [0.3, 0.4) is 0 Å². The third-order valence-electron chi connectivity index (χ3n) is 3.12. The molecule has 0 atom stereocenters. The van der Waals surface area contributed by atoms with E-state index in [4.69, 9.17) is 4.74 Å². The third-order valence-corrected chi connectivity index (χ3v) is 3.12. The number of hydrogen-bond acceptors (Lipinski definition) is 5. The highest BCUT2D eigenvalue weighted by Crippen LogP contribution is 2.18. The standard InChI is InChI=1S/C15H15N3O4/c1-10-7-12(4-5-13(10)18(20)21)15(19)17-9-11-3-6-14(22-2)16-8-11/h3-8H,9H2,1-2H3,(H,17,19). The Morgan fingerprint density at radius 1 is 1.36 bits per heavy atom. The molecule has 2 aromatic rings. The second kappa shape index (κ2) is 6.66. The summed E-state index contributed by atoms with van der Waals surface area (Å²) in [4.78, 5) is 26.4. The van der Waals surface area contributed by atoms with Crippen LogP contribution in [0, 0.1) is 17.0 Å². The van der Waals surface area contributed by atoms with Gasteiger partial charge in [0.2, 0.25) is 5.88 Å². The fourth-order valence-corrected chi connectivity index (χ4v) is 1.92. The Morgan fingerprint density at radius 3 is 2.68 bits per heavy atom. The smallest absolute Gasteiger partial charge is 0.272 e. The Labute approximate surface area is 127 Å². The van der Waals surface area contributed by atoms with E-state index in [1.807, 2.05) is 0 Å². The maximum atomic E-state index is 12.0. The minimum Gasteiger partial charge on any atom is -0.481 e. The van der Waals surface area contributed by atoms with Crippen molar-refractivity contribution in [3.63, 3.8) is 0 Å². The van der Waals surface area contributed by atoms with Crippen molar-refractivity contribution in [3.8, 4) is 5.88 Å². The van der Waals surface area contributed by atoms with Gasteiger partial charge < -0.3 is 10.1 Å². The highest BCUT2D eigenvalue weighted by molar-refractivity contribution is 5.94. The molecule has 0 saturated heterocycles. The Morgan fingerprint density at radius 2 is 2.14 bits per heavy atom. The maximum absolute atomic E-state index is 12.0. The van der Waals surface area contributed by atoms with Gasteiger partial charge in [-0.25, -0.2) is 4.98 Å². The van der Waals surface area contributed by atoms with Gasteiger partial charge in [-0.3, -0.25) is 14.9 Å². The molecule has 0 unspecified atom stereocenters. The molecule has 0 saturated carbocycles. The summed E-state index contributed by atoms with van der Waals surface area (Å²) < 4.78 is 4.95. The molecule has 22 heavy (non-hydrogen) atoms. The van der Waals surface area contributed by atoms with E-state index >= 15 is 0 Å². The molecular weight excluding hydrogens is 286 g/mol. The van der Waals surface area contributed by atoms with E-state index in [1.165, 1.54) is 25.3 Å². The normalized spacial score (nSPS) is 10.1. The fourth-order valence-electron chi connectivity index (χ4n) is 1.92. The number of ether oxygens (including phenoxy) is 1. The van der Waals surface area contributed by atoms with Crippen molar-refractivity contribution in [2.75, 3.05) is 7.11 Å². The number of rotatable bonds is 5. The van der Waals surface area contributed by atoms with Gasteiger partial charge in [-0.05, 0) is 24.6 Å².